The van der Waals surface area contributed by atoms with Crippen LogP contribution in [0.25, 0.3) is 0 Å². The molecule has 0 N–H and O–H groups in total. The SMILES string of the molecule is Cc1ccc(CC(CCl)COCC2CC2)cc1. The third-order valence-electron chi connectivity index (χ3n) is 3.27. The molecule has 1 aromatic carbocycles. The summed E-state index contributed by atoms with van der Waals surface area (Å²) in [5.74, 6) is 1.96. The van der Waals surface area contributed by atoms with E-state index in [1.807, 2.05) is 0 Å². The molecule has 1 nitrogen and oxygen atoms in total. The van der Waals surface area contributed by atoms with Crippen molar-refractivity contribution in [1.82, 2.24) is 0 Å². The molecule has 0 aromatic heterocycles. The first-order valence-electron chi connectivity index (χ1n) is 6.47. The molecule has 1 aliphatic carbocycles. The maximum absolute atomic E-state index is 6.00. The largest absolute Gasteiger partial charge is 0.381 e. The highest BCUT2D eigenvalue weighted by atomic mass is 35.5. The van der Waals surface area contributed by atoms with Crippen molar-refractivity contribution >= 4 is 11.6 Å². The summed E-state index contributed by atoms with van der Waals surface area (Å²) in [6.07, 6.45) is 3.72. The summed E-state index contributed by atoms with van der Waals surface area (Å²) in [6, 6.07) is 8.70. The summed E-state index contributed by atoms with van der Waals surface area (Å²) in [7, 11) is 0. The number of alkyl halides is 1. The topological polar surface area (TPSA) is 9.23 Å². The fourth-order valence-corrected chi connectivity index (χ4v) is 2.10. The van der Waals surface area contributed by atoms with Gasteiger partial charge in [-0.3, -0.25) is 0 Å². The van der Waals surface area contributed by atoms with Gasteiger partial charge in [-0.1, -0.05) is 29.8 Å². The molecule has 0 saturated heterocycles. The van der Waals surface area contributed by atoms with E-state index in [-0.39, 0.29) is 0 Å². The molecule has 0 amide bonds. The van der Waals surface area contributed by atoms with Gasteiger partial charge < -0.3 is 4.74 Å². The van der Waals surface area contributed by atoms with Crippen LogP contribution in [0.1, 0.15) is 24.0 Å². The highest BCUT2D eigenvalue weighted by Gasteiger charge is 2.21. The molecular formula is C15H21ClO. The second-order valence-corrected chi connectivity index (χ2v) is 5.50. The number of hydrogen-bond acceptors (Lipinski definition) is 1. The minimum atomic E-state index is 0.443. The van der Waals surface area contributed by atoms with E-state index in [0.29, 0.717) is 11.8 Å². The van der Waals surface area contributed by atoms with Crippen molar-refractivity contribution in [2.24, 2.45) is 11.8 Å². The number of ether oxygens (including phenoxy) is 1. The third-order valence-corrected chi connectivity index (χ3v) is 3.70. The summed E-state index contributed by atoms with van der Waals surface area (Å²) in [5.41, 5.74) is 2.66. The Kier molecular flexibility index (Phi) is 4.87. The van der Waals surface area contributed by atoms with Crippen LogP contribution in [-0.4, -0.2) is 19.1 Å². The molecule has 1 saturated carbocycles. The highest BCUT2D eigenvalue weighted by molar-refractivity contribution is 6.18. The van der Waals surface area contributed by atoms with Gasteiger partial charge in [-0.05, 0) is 43.6 Å². The molecular weight excluding hydrogens is 232 g/mol. The van der Waals surface area contributed by atoms with Crippen molar-refractivity contribution in [3.8, 4) is 0 Å². The molecule has 2 rings (SSSR count). The second kappa shape index (κ2) is 6.42. The Balaban J connectivity index is 1.74. The number of rotatable bonds is 7. The fraction of sp³-hybridized carbons (Fsp3) is 0.600. The molecule has 17 heavy (non-hydrogen) atoms. The quantitative estimate of drug-likeness (QED) is 0.671. The van der Waals surface area contributed by atoms with Gasteiger partial charge in [0.1, 0.15) is 0 Å². The third kappa shape index (κ3) is 4.69. The maximum Gasteiger partial charge on any atom is 0.0509 e. The van der Waals surface area contributed by atoms with Crippen LogP contribution in [0.5, 0.6) is 0 Å². The van der Waals surface area contributed by atoms with Crippen LogP contribution in [0.4, 0.5) is 0 Å². The van der Waals surface area contributed by atoms with Gasteiger partial charge >= 0.3 is 0 Å². The van der Waals surface area contributed by atoms with Gasteiger partial charge in [0.25, 0.3) is 0 Å². The Hall–Kier alpha value is -0.530. The van der Waals surface area contributed by atoms with Gasteiger partial charge in [0.05, 0.1) is 6.61 Å². The fourth-order valence-electron chi connectivity index (χ4n) is 1.90. The van der Waals surface area contributed by atoms with Crippen LogP contribution in [0.15, 0.2) is 24.3 Å². The first kappa shape index (κ1) is 12.9. The second-order valence-electron chi connectivity index (χ2n) is 5.19. The molecule has 0 aliphatic heterocycles. The van der Waals surface area contributed by atoms with E-state index in [4.69, 9.17) is 16.3 Å². The predicted molar refractivity (Wildman–Crippen MR) is 72.6 cm³/mol. The van der Waals surface area contributed by atoms with Crippen LogP contribution in [0, 0.1) is 18.8 Å². The molecule has 0 spiro atoms. The molecule has 0 heterocycles. The van der Waals surface area contributed by atoms with Crippen LogP contribution in [-0.2, 0) is 11.2 Å². The van der Waals surface area contributed by atoms with E-state index in [1.165, 1.54) is 24.0 Å². The van der Waals surface area contributed by atoms with Crippen molar-refractivity contribution in [2.45, 2.75) is 26.2 Å². The van der Waals surface area contributed by atoms with E-state index >= 15 is 0 Å². The van der Waals surface area contributed by atoms with Crippen molar-refractivity contribution in [1.29, 1.82) is 0 Å². The smallest absolute Gasteiger partial charge is 0.0509 e. The van der Waals surface area contributed by atoms with Crippen LogP contribution in [0.3, 0.4) is 0 Å². The Labute approximate surface area is 109 Å². The zero-order chi connectivity index (χ0) is 12.1. The van der Waals surface area contributed by atoms with Crippen LogP contribution < -0.4 is 0 Å². The van der Waals surface area contributed by atoms with Crippen LogP contribution >= 0.6 is 11.6 Å². The first-order valence-corrected chi connectivity index (χ1v) is 7.00. The van der Waals surface area contributed by atoms with Gasteiger partial charge in [0.2, 0.25) is 0 Å². The molecule has 0 radical (unpaired) electrons. The van der Waals surface area contributed by atoms with Crippen molar-refractivity contribution < 1.29 is 4.74 Å². The average molecular weight is 253 g/mol. The zero-order valence-electron chi connectivity index (χ0n) is 10.5. The lowest BCUT2D eigenvalue weighted by Crippen LogP contribution is -2.15. The van der Waals surface area contributed by atoms with E-state index in [0.717, 1.165) is 25.6 Å². The molecule has 0 bridgehead atoms. The molecule has 2 heteroatoms. The number of hydrogen-bond donors (Lipinski definition) is 0. The standard InChI is InChI=1S/C15H21ClO/c1-12-2-4-13(5-3-12)8-15(9-16)11-17-10-14-6-7-14/h2-5,14-15H,6-11H2,1H3. The van der Waals surface area contributed by atoms with Gasteiger partial charge in [0.15, 0.2) is 0 Å². The Morgan fingerprint density at radius 2 is 2.00 bits per heavy atom. The van der Waals surface area contributed by atoms with Gasteiger partial charge in [-0.2, -0.15) is 0 Å². The van der Waals surface area contributed by atoms with Crippen LogP contribution in [0.2, 0.25) is 0 Å². The molecule has 1 unspecified atom stereocenters. The normalized spacial score (nSPS) is 17.1. The van der Waals surface area contributed by atoms with Gasteiger partial charge in [-0.25, -0.2) is 0 Å². The molecule has 1 aliphatic rings. The Bertz CT molecular complexity index is 329. The average Bonchev–Trinajstić information content (AvgIpc) is 3.14. The molecule has 1 fully saturated rings. The lowest BCUT2D eigenvalue weighted by molar-refractivity contribution is 0.0972. The monoisotopic (exact) mass is 252 g/mol. The van der Waals surface area contributed by atoms with E-state index < -0.39 is 0 Å². The molecule has 1 aromatic rings. The molecule has 94 valence electrons. The number of halogens is 1. The predicted octanol–water partition coefficient (Wildman–Crippen LogP) is 3.82. The van der Waals surface area contributed by atoms with Crippen molar-refractivity contribution in [3.05, 3.63) is 35.4 Å². The van der Waals surface area contributed by atoms with E-state index in [2.05, 4.69) is 31.2 Å². The minimum absolute atomic E-state index is 0.443. The summed E-state index contributed by atoms with van der Waals surface area (Å²) < 4.78 is 5.72. The lowest BCUT2D eigenvalue weighted by Gasteiger charge is -2.14. The minimum Gasteiger partial charge on any atom is -0.381 e. The molecule has 1 atom stereocenters. The zero-order valence-corrected chi connectivity index (χ0v) is 11.2. The Morgan fingerprint density at radius 3 is 2.59 bits per heavy atom. The highest BCUT2D eigenvalue weighted by Crippen LogP contribution is 2.29. The van der Waals surface area contributed by atoms with Crippen molar-refractivity contribution in [2.75, 3.05) is 19.1 Å². The van der Waals surface area contributed by atoms with E-state index in [1.54, 1.807) is 0 Å². The summed E-state index contributed by atoms with van der Waals surface area (Å²) in [4.78, 5) is 0. The Morgan fingerprint density at radius 1 is 1.29 bits per heavy atom. The van der Waals surface area contributed by atoms with Crippen molar-refractivity contribution in [3.63, 3.8) is 0 Å². The van der Waals surface area contributed by atoms with Gasteiger partial charge in [-0.15, -0.1) is 11.6 Å². The first-order chi connectivity index (χ1) is 8.28. The number of benzene rings is 1. The maximum atomic E-state index is 6.00. The number of aryl methyl sites for hydroxylation is 1. The lowest BCUT2D eigenvalue weighted by atomic mass is 10.0. The summed E-state index contributed by atoms with van der Waals surface area (Å²) >= 11 is 6.00. The van der Waals surface area contributed by atoms with E-state index in [9.17, 15) is 0 Å². The summed E-state index contributed by atoms with van der Waals surface area (Å²) in [6.45, 7) is 3.84. The summed E-state index contributed by atoms with van der Waals surface area (Å²) in [5, 5.41) is 0. The van der Waals surface area contributed by atoms with Gasteiger partial charge in [0, 0.05) is 12.5 Å².